The van der Waals surface area contributed by atoms with Crippen molar-refractivity contribution in [2.45, 2.75) is 31.4 Å². The Balaban J connectivity index is 1.32. The zero-order valence-electron chi connectivity index (χ0n) is 18.9. The van der Waals surface area contributed by atoms with E-state index in [-0.39, 0.29) is 32.1 Å². The minimum Gasteiger partial charge on any atom is -0.0901 e. The summed E-state index contributed by atoms with van der Waals surface area (Å²) in [5, 5.41) is 0. The highest BCUT2D eigenvalue weighted by atomic mass is 127. The highest BCUT2D eigenvalue weighted by molar-refractivity contribution is 7.99. The summed E-state index contributed by atoms with van der Waals surface area (Å²) in [6.07, 6.45) is 0. The highest BCUT2D eigenvalue weighted by Gasteiger charge is 2.28. The van der Waals surface area contributed by atoms with Crippen LogP contribution < -0.4 is 21.2 Å². The molecule has 34 heavy (non-hydrogen) atoms. The van der Waals surface area contributed by atoms with E-state index in [4.69, 9.17) is 0 Å². The Kier molecular flexibility index (Phi) is 7.74. The van der Waals surface area contributed by atoms with Crippen molar-refractivity contribution in [3.63, 3.8) is 0 Å². The zero-order valence-corrected chi connectivity index (χ0v) is 22.7. The summed E-state index contributed by atoms with van der Waals surface area (Å²) in [6.45, 7) is 2.21. The van der Waals surface area contributed by atoms with Gasteiger partial charge in [-0.2, -0.15) is 0 Å². The molecule has 0 aliphatic rings. The molecule has 166 valence electrons. The molecule has 0 aromatic heterocycles. The summed E-state index contributed by atoms with van der Waals surface area (Å²) >= 11 is 1.70. The Morgan fingerprint density at radius 2 is 0.971 bits per heavy atom. The normalized spacial score (nSPS) is 11.0. The summed E-state index contributed by atoms with van der Waals surface area (Å²) in [6, 6.07) is 48.7. The van der Waals surface area contributed by atoms with E-state index in [1.54, 1.807) is 0 Å². The minimum atomic E-state index is -0.132. The Bertz CT molecular complexity index is 1290. The van der Waals surface area contributed by atoms with Gasteiger partial charge in [-0.3, -0.25) is 0 Å². The lowest BCUT2D eigenvalue weighted by Gasteiger charge is -2.08. The van der Waals surface area contributed by atoms with Crippen LogP contribution >= 0.6 is 11.8 Å². The van der Waals surface area contributed by atoms with Crippen molar-refractivity contribution in [1.29, 1.82) is 0 Å². The van der Waals surface area contributed by atoms with Crippen molar-refractivity contribution >= 4 is 22.7 Å². The van der Waals surface area contributed by atoms with E-state index in [9.17, 15) is 0 Å². The van der Waals surface area contributed by atoms with Crippen molar-refractivity contribution in [2.75, 3.05) is 0 Å². The molecule has 0 amide bonds. The zero-order chi connectivity index (χ0) is 23.2. The minimum absolute atomic E-state index is 0.0996. The molecule has 0 fully saturated rings. The molecule has 0 spiro atoms. The molecule has 0 saturated heterocycles. The lowest BCUT2D eigenvalue weighted by molar-refractivity contribution is -0.598. The van der Waals surface area contributed by atoms with Crippen LogP contribution in [-0.4, -0.2) is 0 Å². The van der Waals surface area contributed by atoms with E-state index in [1.165, 1.54) is 37.2 Å². The Labute approximate surface area is 220 Å². The van der Waals surface area contributed by atoms with Crippen molar-refractivity contribution in [3.05, 3.63) is 146 Å². The monoisotopic (exact) mass is 588 g/mol. The fourth-order valence-corrected chi connectivity index (χ4v) is 8.92. The van der Waals surface area contributed by atoms with Crippen LogP contribution in [0.25, 0.3) is 0 Å². The van der Waals surface area contributed by atoms with Crippen molar-refractivity contribution in [3.8, 4) is 0 Å². The molecule has 5 rings (SSSR count). The summed E-state index contributed by atoms with van der Waals surface area (Å²) in [5.74, 6) is 0. The second-order valence-corrected chi connectivity index (χ2v) is 13.9. The van der Waals surface area contributed by atoms with Gasteiger partial charge in [-0.15, -0.1) is 0 Å². The highest BCUT2D eigenvalue weighted by Crippen LogP contribution is 2.33. The summed E-state index contributed by atoms with van der Waals surface area (Å²) in [5.41, 5.74) is 1.40. The smallest absolute Gasteiger partial charge is 0.0901 e. The molecule has 0 aliphatic heterocycles. The van der Waals surface area contributed by atoms with E-state index >= 15 is 0 Å². The van der Waals surface area contributed by atoms with Crippen LogP contribution in [0.15, 0.2) is 158 Å². The molecule has 0 aliphatic carbocycles. The predicted molar refractivity (Wildman–Crippen MR) is 141 cm³/mol. The third kappa shape index (κ3) is 5.77. The maximum Gasteiger partial charge on any atom is 0.358 e. The molecule has 0 radical (unpaired) electrons. The maximum absolute atomic E-state index is 2.30. The second kappa shape index (κ2) is 11.3. The fourth-order valence-electron chi connectivity index (χ4n) is 3.64. The van der Waals surface area contributed by atoms with Gasteiger partial charge >= 0.3 is 21.2 Å². The van der Waals surface area contributed by atoms with E-state index < -0.39 is 0 Å². The van der Waals surface area contributed by atoms with Crippen LogP contribution in [0, 0.1) is 14.1 Å². The van der Waals surface area contributed by atoms with Gasteiger partial charge in [-0.25, -0.2) is 0 Å². The van der Waals surface area contributed by atoms with Gasteiger partial charge in [0.2, 0.25) is 0 Å². The number of hydrogen-bond acceptors (Lipinski definition) is 1. The molecular weight excluding hydrogens is 563 g/mol. The molecule has 0 bridgehead atoms. The van der Waals surface area contributed by atoms with Gasteiger partial charge in [0.15, 0.2) is 21.8 Å². The fraction of sp³-hybridized carbons (Fsp3) is 0.0323. The molecule has 5 aromatic carbocycles. The largest absolute Gasteiger partial charge is 0.358 e. The van der Waals surface area contributed by atoms with Crippen molar-refractivity contribution in [1.82, 2.24) is 0 Å². The molecule has 0 N–H and O–H groups in total. The number of benzene rings is 5. The molecule has 0 heterocycles. The average molecular weight is 589 g/mol. The van der Waals surface area contributed by atoms with E-state index in [1.807, 2.05) is 11.8 Å². The topological polar surface area (TPSA) is 0 Å². The van der Waals surface area contributed by atoms with Gasteiger partial charge < -0.3 is 0 Å². The van der Waals surface area contributed by atoms with E-state index in [2.05, 4.69) is 140 Å². The lowest BCUT2D eigenvalue weighted by atomic mass is 10.2. The van der Waals surface area contributed by atoms with E-state index in [0.29, 0.717) is 0 Å². The first kappa shape index (κ1) is 23.3. The SMILES string of the molecule is Cc1ccccc1[I+]c1ccc(Sc2ccc([S+](c3ccccc3)c3ccccc3)cc2)cc1. The number of rotatable bonds is 7. The molecule has 0 saturated carbocycles. The molecule has 0 unspecified atom stereocenters. The van der Waals surface area contributed by atoms with Crippen molar-refractivity contribution in [2.24, 2.45) is 0 Å². The van der Waals surface area contributed by atoms with Crippen LogP contribution in [0.1, 0.15) is 5.56 Å². The van der Waals surface area contributed by atoms with Crippen LogP contribution in [-0.2, 0) is 10.9 Å². The van der Waals surface area contributed by atoms with Gasteiger partial charge in [0.25, 0.3) is 0 Å². The van der Waals surface area contributed by atoms with Gasteiger partial charge in [0.05, 0.1) is 10.9 Å². The van der Waals surface area contributed by atoms with Crippen LogP contribution in [0.2, 0.25) is 0 Å². The van der Waals surface area contributed by atoms with E-state index in [0.717, 1.165) is 0 Å². The molecular formula is C31H25IS2+2. The molecule has 5 aromatic rings. The van der Waals surface area contributed by atoms with Crippen LogP contribution in [0.4, 0.5) is 0 Å². The third-order valence-electron chi connectivity index (χ3n) is 5.35. The Morgan fingerprint density at radius 1 is 0.500 bits per heavy atom. The summed E-state index contributed by atoms with van der Waals surface area (Å²) < 4.78 is 2.96. The van der Waals surface area contributed by atoms with Crippen LogP contribution in [0.5, 0.6) is 0 Å². The average Bonchev–Trinajstić information content (AvgIpc) is 2.89. The second-order valence-electron chi connectivity index (χ2n) is 7.80. The van der Waals surface area contributed by atoms with Crippen LogP contribution in [0.3, 0.4) is 0 Å². The van der Waals surface area contributed by atoms with Gasteiger partial charge in [0.1, 0.15) is 0 Å². The Morgan fingerprint density at radius 3 is 1.53 bits per heavy atom. The quantitative estimate of drug-likeness (QED) is 0.182. The maximum atomic E-state index is 2.30. The standard InChI is InChI=1S/C31H25IS2/c1-24-10-8-9-15-31(24)32-25-16-18-26(19-17-25)33-27-20-22-30(23-21-27)34(28-11-4-2-5-12-28)29-13-6-3-7-14-29/h2-23H,1H3/q+2. The number of halogens is 1. The van der Waals surface area contributed by atoms with Gasteiger partial charge in [-0.05, 0) is 85.8 Å². The Hall–Kier alpha value is -2.47. The van der Waals surface area contributed by atoms with Gasteiger partial charge in [0, 0.05) is 15.4 Å². The molecule has 0 atom stereocenters. The van der Waals surface area contributed by atoms with Gasteiger partial charge in [-0.1, -0.05) is 66.4 Å². The first-order valence-corrected chi connectivity index (χ1v) is 15.4. The first-order chi connectivity index (χ1) is 16.8. The number of hydrogen-bond donors (Lipinski definition) is 0. The first-order valence-electron chi connectivity index (χ1n) is 11.2. The molecule has 0 nitrogen and oxygen atoms in total. The lowest BCUT2D eigenvalue weighted by Crippen LogP contribution is -3.61. The number of aryl methyl sites for hydroxylation is 1. The molecule has 3 heteroatoms. The summed E-state index contributed by atoms with van der Waals surface area (Å²) in [7, 11) is -0.0996. The predicted octanol–water partition coefficient (Wildman–Crippen LogP) is 5.37. The third-order valence-corrected chi connectivity index (χ3v) is 11.7. The summed E-state index contributed by atoms with van der Waals surface area (Å²) in [4.78, 5) is 6.61. The van der Waals surface area contributed by atoms with Crippen molar-refractivity contribution < 1.29 is 21.2 Å².